The van der Waals surface area contributed by atoms with Gasteiger partial charge in [0.05, 0.1) is 10.5 Å². The second-order valence-corrected chi connectivity index (χ2v) is 9.05. The van der Waals surface area contributed by atoms with E-state index in [0.29, 0.717) is 23.6 Å². The third-order valence-corrected chi connectivity index (χ3v) is 7.03. The van der Waals surface area contributed by atoms with Crippen LogP contribution in [0, 0.1) is 10.1 Å². The number of rotatable bonds is 6. The van der Waals surface area contributed by atoms with Crippen molar-refractivity contribution in [3.63, 3.8) is 0 Å². The standard InChI is InChI=1S/C24H20N4O4S/c29-24(30)18-9-8-15(25-12-14-4-3-5-16(10-14)28(31)32)11-19(18)22-26-13-20-17-6-1-2-7-21(17)33-23(20)27-22/h3-5,8-11,13,25H,1-2,6-7,12H2,(H,29,30). The number of non-ortho nitro benzene ring substituents is 1. The molecule has 0 unspecified atom stereocenters. The molecule has 0 amide bonds. The molecule has 2 N–H and O–H groups in total. The van der Waals surface area contributed by atoms with Gasteiger partial charge in [0.1, 0.15) is 4.83 Å². The Balaban J connectivity index is 1.48. The van der Waals surface area contributed by atoms with Crippen LogP contribution in [0.4, 0.5) is 11.4 Å². The molecule has 9 heteroatoms. The zero-order valence-electron chi connectivity index (χ0n) is 17.6. The molecule has 166 valence electrons. The van der Waals surface area contributed by atoms with Crippen LogP contribution in [-0.4, -0.2) is 26.0 Å². The number of carbonyl (C=O) groups is 1. The highest BCUT2D eigenvalue weighted by molar-refractivity contribution is 7.18. The summed E-state index contributed by atoms with van der Waals surface area (Å²) in [6.07, 6.45) is 6.26. The normalized spacial score (nSPS) is 13.0. The van der Waals surface area contributed by atoms with E-state index in [2.05, 4.69) is 10.3 Å². The Kier molecular flexibility index (Phi) is 5.47. The Bertz CT molecular complexity index is 1400. The SMILES string of the molecule is O=C(O)c1ccc(NCc2cccc([N+](=O)[O-])c2)cc1-c1ncc2c3c(sc2n1)CCCC3. The minimum absolute atomic E-state index is 0.0246. The first-order valence-corrected chi connectivity index (χ1v) is 11.4. The van der Waals surface area contributed by atoms with Crippen molar-refractivity contribution >= 4 is 38.9 Å². The van der Waals surface area contributed by atoms with Gasteiger partial charge in [0, 0.05) is 46.4 Å². The first-order chi connectivity index (χ1) is 16.0. The molecule has 0 atom stereocenters. The first kappa shape index (κ1) is 21.0. The number of hydrogen-bond donors (Lipinski definition) is 2. The number of fused-ring (bicyclic) bond motifs is 3. The number of nitro groups is 1. The van der Waals surface area contributed by atoms with Crippen LogP contribution in [0.15, 0.2) is 48.7 Å². The number of nitrogens with zero attached hydrogens (tertiary/aromatic N) is 3. The molecule has 4 aromatic rings. The largest absolute Gasteiger partial charge is 0.478 e. The van der Waals surface area contributed by atoms with Gasteiger partial charge in [-0.15, -0.1) is 11.3 Å². The van der Waals surface area contributed by atoms with Crippen LogP contribution in [0.3, 0.4) is 0 Å². The van der Waals surface area contributed by atoms with E-state index in [9.17, 15) is 20.0 Å². The number of nitrogens with one attached hydrogen (secondary N) is 1. The van der Waals surface area contributed by atoms with E-state index in [-0.39, 0.29) is 11.3 Å². The highest BCUT2D eigenvalue weighted by Gasteiger charge is 2.20. The van der Waals surface area contributed by atoms with Crippen LogP contribution < -0.4 is 5.32 Å². The zero-order valence-corrected chi connectivity index (χ0v) is 18.4. The lowest BCUT2D eigenvalue weighted by Crippen LogP contribution is -2.05. The van der Waals surface area contributed by atoms with Crippen molar-refractivity contribution in [2.75, 3.05) is 5.32 Å². The third-order valence-electron chi connectivity index (χ3n) is 5.82. The second-order valence-electron chi connectivity index (χ2n) is 7.97. The average Bonchev–Trinajstić information content (AvgIpc) is 3.20. The topological polar surface area (TPSA) is 118 Å². The predicted molar refractivity (Wildman–Crippen MR) is 127 cm³/mol. The van der Waals surface area contributed by atoms with Crippen molar-refractivity contribution in [1.29, 1.82) is 0 Å². The number of hydrogen-bond acceptors (Lipinski definition) is 7. The molecule has 0 spiro atoms. The van der Waals surface area contributed by atoms with E-state index in [1.54, 1.807) is 35.6 Å². The Morgan fingerprint density at radius 1 is 1.18 bits per heavy atom. The number of benzene rings is 2. The lowest BCUT2D eigenvalue weighted by Gasteiger charge is -2.11. The Hall–Kier alpha value is -3.85. The number of aryl methyl sites for hydroxylation is 2. The Morgan fingerprint density at radius 2 is 2.03 bits per heavy atom. The summed E-state index contributed by atoms with van der Waals surface area (Å²) in [6, 6.07) is 11.3. The van der Waals surface area contributed by atoms with Gasteiger partial charge in [-0.05, 0) is 55.0 Å². The molecule has 1 aliphatic carbocycles. The summed E-state index contributed by atoms with van der Waals surface area (Å²) >= 11 is 1.67. The molecule has 0 aliphatic heterocycles. The number of aromatic carboxylic acids is 1. The summed E-state index contributed by atoms with van der Waals surface area (Å²) in [5.74, 6) is -0.679. The van der Waals surface area contributed by atoms with Crippen LogP contribution in [0.1, 0.15) is 39.2 Å². The number of anilines is 1. The molecule has 0 fully saturated rings. The minimum atomic E-state index is -1.05. The summed E-state index contributed by atoms with van der Waals surface area (Å²) in [4.78, 5) is 33.9. The van der Waals surface area contributed by atoms with Crippen LogP contribution in [0.2, 0.25) is 0 Å². The minimum Gasteiger partial charge on any atom is -0.478 e. The van der Waals surface area contributed by atoms with Gasteiger partial charge in [0.15, 0.2) is 5.82 Å². The number of carboxylic acids is 1. The van der Waals surface area contributed by atoms with Crippen LogP contribution in [0.25, 0.3) is 21.6 Å². The van der Waals surface area contributed by atoms with Gasteiger partial charge >= 0.3 is 5.97 Å². The van der Waals surface area contributed by atoms with Gasteiger partial charge in [-0.2, -0.15) is 0 Å². The smallest absolute Gasteiger partial charge is 0.336 e. The van der Waals surface area contributed by atoms with Gasteiger partial charge in [0.2, 0.25) is 0 Å². The lowest BCUT2D eigenvalue weighted by atomic mass is 9.97. The van der Waals surface area contributed by atoms with E-state index in [0.717, 1.165) is 28.6 Å². The van der Waals surface area contributed by atoms with Crippen LogP contribution >= 0.6 is 11.3 Å². The van der Waals surface area contributed by atoms with Gasteiger partial charge in [-0.25, -0.2) is 14.8 Å². The molecule has 1 aliphatic rings. The molecule has 0 saturated heterocycles. The van der Waals surface area contributed by atoms with Crippen molar-refractivity contribution in [3.8, 4) is 11.4 Å². The van der Waals surface area contributed by atoms with Gasteiger partial charge in [0.25, 0.3) is 5.69 Å². The summed E-state index contributed by atoms with van der Waals surface area (Å²) in [5.41, 5.74) is 3.33. The van der Waals surface area contributed by atoms with Crippen molar-refractivity contribution in [3.05, 3.63) is 80.3 Å². The molecule has 0 saturated carbocycles. The molecule has 8 nitrogen and oxygen atoms in total. The molecule has 0 radical (unpaired) electrons. The van der Waals surface area contributed by atoms with E-state index in [4.69, 9.17) is 4.98 Å². The molecule has 33 heavy (non-hydrogen) atoms. The average molecular weight is 461 g/mol. The van der Waals surface area contributed by atoms with E-state index < -0.39 is 10.9 Å². The van der Waals surface area contributed by atoms with Gasteiger partial charge < -0.3 is 10.4 Å². The monoisotopic (exact) mass is 460 g/mol. The summed E-state index contributed by atoms with van der Waals surface area (Å²) in [6.45, 7) is 0.352. The Labute approximate surface area is 193 Å². The number of aromatic nitrogens is 2. The summed E-state index contributed by atoms with van der Waals surface area (Å²) < 4.78 is 0. The predicted octanol–water partition coefficient (Wildman–Crippen LogP) is 5.46. The molecular weight excluding hydrogens is 440 g/mol. The third kappa shape index (κ3) is 4.14. The first-order valence-electron chi connectivity index (χ1n) is 10.6. The van der Waals surface area contributed by atoms with Gasteiger partial charge in [-0.3, -0.25) is 10.1 Å². The quantitative estimate of drug-likeness (QED) is 0.290. The second kappa shape index (κ2) is 8.59. The highest BCUT2D eigenvalue weighted by Crippen LogP contribution is 2.36. The highest BCUT2D eigenvalue weighted by atomic mass is 32.1. The fraction of sp³-hybridized carbons (Fsp3) is 0.208. The molecule has 5 rings (SSSR count). The van der Waals surface area contributed by atoms with E-state index >= 15 is 0 Å². The van der Waals surface area contributed by atoms with Crippen LogP contribution in [0.5, 0.6) is 0 Å². The van der Waals surface area contributed by atoms with E-state index in [1.807, 2.05) is 6.20 Å². The fourth-order valence-electron chi connectivity index (χ4n) is 4.18. The number of thiophene rings is 1. The lowest BCUT2D eigenvalue weighted by molar-refractivity contribution is -0.384. The molecule has 2 aromatic heterocycles. The maximum Gasteiger partial charge on any atom is 0.336 e. The van der Waals surface area contributed by atoms with Crippen molar-refractivity contribution in [1.82, 2.24) is 9.97 Å². The maximum atomic E-state index is 11.9. The molecule has 0 bridgehead atoms. The summed E-state index contributed by atoms with van der Waals surface area (Å²) in [7, 11) is 0. The van der Waals surface area contributed by atoms with Crippen molar-refractivity contribution in [2.24, 2.45) is 0 Å². The molecule has 2 aromatic carbocycles. The molecular formula is C24H20N4O4S. The summed E-state index contributed by atoms with van der Waals surface area (Å²) in [5, 5.41) is 25.0. The van der Waals surface area contributed by atoms with Crippen LogP contribution in [-0.2, 0) is 19.4 Å². The molecule has 2 heterocycles. The number of carboxylic acid groups (broad SMARTS) is 1. The number of nitro benzene ring substituents is 1. The fourth-order valence-corrected chi connectivity index (χ4v) is 5.42. The maximum absolute atomic E-state index is 11.9. The van der Waals surface area contributed by atoms with Crippen molar-refractivity contribution in [2.45, 2.75) is 32.2 Å². The van der Waals surface area contributed by atoms with Gasteiger partial charge in [-0.1, -0.05) is 12.1 Å². The zero-order chi connectivity index (χ0) is 22.9. The van der Waals surface area contributed by atoms with Crippen molar-refractivity contribution < 1.29 is 14.8 Å². The van der Waals surface area contributed by atoms with E-state index in [1.165, 1.54) is 41.5 Å². The Morgan fingerprint density at radius 3 is 2.85 bits per heavy atom.